The summed E-state index contributed by atoms with van der Waals surface area (Å²) in [5.74, 6) is -0.269. The van der Waals surface area contributed by atoms with Gasteiger partial charge in [-0.2, -0.15) is 0 Å². The van der Waals surface area contributed by atoms with Crippen molar-refractivity contribution in [2.45, 2.75) is 13.5 Å². The van der Waals surface area contributed by atoms with E-state index in [1.54, 1.807) is 12.0 Å². The summed E-state index contributed by atoms with van der Waals surface area (Å²) >= 11 is 0. The van der Waals surface area contributed by atoms with Crippen LogP contribution in [0.4, 0.5) is 5.69 Å². The maximum atomic E-state index is 12.4. The van der Waals surface area contributed by atoms with Crippen molar-refractivity contribution in [2.24, 2.45) is 0 Å². The Kier molecular flexibility index (Phi) is 5.96. The first-order valence-corrected chi connectivity index (χ1v) is 9.08. The quantitative estimate of drug-likeness (QED) is 0.840. The summed E-state index contributed by atoms with van der Waals surface area (Å²) in [6, 6.07) is 15.7. The molecule has 0 atom stereocenters. The topological polar surface area (TPSA) is 61.9 Å². The zero-order chi connectivity index (χ0) is 19.2. The van der Waals surface area contributed by atoms with Crippen molar-refractivity contribution >= 4 is 17.5 Å². The number of rotatable bonds is 4. The number of carbonyl (C=O) groups excluding carboxylic acids is 2. The van der Waals surface area contributed by atoms with Gasteiger partial charge in [0.25, 0.3) is 0 Å². The summed E-state index contributed by atoms with van der Waals surface area (Å²) in [6.07, 6.45) is 0. The lowest BCUT2D eigenvalue weighted by Crippen LogP contribution is -2.52. The number of ether oxygens (including phenoxy) is 1. The molecule has 1 aliphatic rings. The fraction of sp³-hybridized carbons (Fsp3) is 0.333. The maximum absolute atomic E-state index is 12.4. The first kappa shape index (κ1) is 18.8. The van der Waals surface area contributed by atoms with E-state index in [2.05, 4.69) is 35.3 Å². The standard InChI is InChI=1S/C21H25N3O3/c1-16-4-3-5-18(14-16)23-10-12-24(13-11-23)21(26)20(25)22-15-17-6-8-19(27-2)9-7-17/h3-9,14H,10-13,15H2,1-2H3,(H,22,25). The molecule has 2 amide bonds. The van der Waals surface area contributed by atoms with Crippen LogP contribution in [0, 0.1) is 6.92 Å². The highest BCUT2D eigenvalue weighted by molar-refractivity contribution is 6.35. The summed E-state index contributed by atoms with van der Waals surface area (Å²) in [6.45, 7) is 4.92. The Morgan fingerprint density at radius 1 is 1.04 bits per heavy atom. The second-order valence-corrected chi connectivity index (χ2v) is 6.65. The highest BCUT2D eigenvalue weighted by Gasteiger charge is 2.25. The van der Waals surface area contributed by atoms with Gasteiger partial charge in [0.05, 0.1) is 7.11 Å². The van der Waals surface area contributed by atoms with Crippen molar-refractivity contribution in [1.82, 2.24) is 10.2 Å². The molecule has 0 unspecified atom stereocenters. The van der Waals surface area contributed by atoms with Gasteiger partial charge in [0, 0.05) is 38.4 Å². The molecule has 0 aliphatic carbocycles. The van der Waals surface area contributed by atoms with E-state index in [1.165, 1.54) is 5.56 Å². The summed E-state index contributed by atoms with van der Waals surface area (Å²) in [7, 11) is 1.61. The Morgan fingerprint density at radius 2 is 1.74 bits per heavy atom. The van der Waals surface area contributed by atoms with Gasteiger partial charge in [0.15, 0.2) is 0 Å². The van der Waals surface area contributed by atoms with Gasteiger partial charge in [0.2, 0.25) is 0 Å². The van der Waals surface area contributed by atoms with Crippen molar-refractivity contribution in [3.63, 3.8) is 0 Å². The van der Waals surface area contributed by atoms with E-state index >= 15 is 0 Å². The molecular formula is C21H25N3O3. The molecule has 27 heavy (non-hydrogen) atoms. The van der Waals surface area contributed by atoms with E-state index in [0.717, 1.165) is 30.1 Å². The smallest absolute Gasteiger partial charge is 0.312 e. The third-order valence-corrected chi connectivity index (χ3v) is 4.74. The van der Waals surface area contributed by atoms with E-state index in [-0.39, 0.29) is 0 Å². The van der Waals surface area contributed by atoms with Gasteiger partial charge in [-0.3, -0.25) is 9.59 Å². The van der Waals surface area contributed by atoms with Gasteiger partial charge in [-0.25, -0.2) is 0 Å². The first-order chi connectivity index (χ1) is 13.1. The van der Waals surface area contributed by atoms with Crippen molar-refractivity contribution in [3.05, 3.63) is 59.7 Å². The predicted molar refractivity (Wildman–Crippen MR) is 105 cm³/mol. The Morgan fingerprint density at radius 3 is 2.37 bits per heavy atom. The van der Waals surface area contributed by atoms with Crippen molar-refractivity contribution in [3.8, 4) is 5.75 Å². The Labute approximate surface area is 159 Å². The van der Waals surface area contributed by atoms with E-state index < -0.39 is 11.8 Å². The molecule has 2 aromatic carbocycles. The summed E-state index contributed by atoms with van der Waals surface area (Å²) < 4.78 is 5.11. The number of aryl methyl sites for hydroxylation is 1. The van der Waals surface area contributed by atoms with Crippen LogP contribution in [0.25, 0.3) is 0 Å². The molecule has 3 rings (SSSR count). The molecular weight excluding hydrogens is 342 g/mol. The van der Waals surface area contributed by atoms with E-state index in [1.807, 2.05) is 30.3 Å². The van der Waals surface area contributed by atoms with Crippen LogP contribution < -0.4 is 15.0 Å². The molecule has 6 heteroatoms. The number of hydrogen-bond acceptors (Lipinski definition) is 4. The van der Waals surface area contributed by atoms with Crippen LogP contribution in [0.3, 0.4) is 0 Å². The summed E-state index contributed by atoms with van der Waals surface area (Å²) in [4.78, 5) is 28.4. The highest BCUT2D eigenvalue weighted by atomic mass is 16.5. The van der Waals surface area contributed by atoms with Gasteiger partial charge in [-0.05, 0) is 42.3 Å². The van der Waals surface area contributed by atoms with Crippen molar-refractivity contribution in [1.29, 1.82) is 0 Å². The fourth-order valence-corrected chi connectivity index (χ4v) is 3.14. The zero-order valence-corrected chi connectivity index (χ0v) is 15.8. The molecule has 1 N–H and O–H groups in total. The number of methoxy groups -OCH3 is 1. The third kappa shape index (κ3) is 4.78. The average Bonchev–Trinajstić information content (AvgIpc) is 2.72. The largest absolute Gasteiger partial charge is 0.497 e. The Balaban J connectivity index is 1.48. The van der Waals surface area contributed by atoms with Gasteiger partial charge >= 0.3 is 11.8 Å². The normalized spacial score (nSPS) is 14.0. The average molecular weight is 367 g/mol. The van der Waals surface area contributed by atoms with Crippen LogP contribution in [0.5, 0.6) is 5.75 Å². The number of amides is 2. The van der Waals surface area contributed by atoms with E-state index in [4.69, 9.17) is 4.74 Å². The minimum absolute atomic E-state index is 0.317. The monoisotopic (exact) mass is 367 g/mol. The number of benzene rings is 2. The Hall–Kier alpha value is -3.02. The van der Waals surface area contributed by atoms with Gasteiger partial charge in [-0.1, -0.05) is 24.3 Å². The molecule has 142 valence electrons. The summed E-state index contributed by atoms with van der Waals surface area (Å²) in [5, 5.41) is 2.70. The number of anilines is 1. The molecule has 1 fully saturated rings. The zero-order valence-electron chi connectivity index (χ0n) is 15.8. The van der Waals surface area contributed by atoms with E-state index in [0.29, 0.717) is 19.6 Å². The van der Waals surface area contributed by atoms with Crippen LogP contribution >= 0.6 is 0 Å². The number of carbonyl (C=O) groups is 2. The number of nitrogens with zero attached hydrogens (tertiary/aromatic N) is 2. The number of hydrogen-bond donors (Lipinski definition) is 1. The van der Waals surface area contributed by atoms with Gasteiger partial charge < -0.3 is 19.9 Å². The fourth-order valence-electron chi connectivity index (χ4n) is 3.14. The maximum Gasteiger partial charge on any atom is 0.312 e. The molecule has 0 saturated carbocycles. The lowest BCUT2D eigenvalue weighted by Gasteiger charge is -2.35. The second-order valence-electron chi connectivity index (χ2n) is 6.65. The first-order valence-electron chi connectivity index (χ1n) is 9.08. The molecule has 0 radical (unpaired) electrons. The second kappa shape index (κ2) is 8.58. The lowest BCUT2D eigenvalue weighted by atomic mass is 10.2. The van der Waals surface area contributed by atoms with Crippen molar-refractivity contribution in [2.75, 3.05) is 38.2 Å². The molecule has 1 aliphatic heterocycles. The van der Waals surface area contributed by atoms with E-state index in [9.17, 15) is 9.59 Å². The van der Waals surface area contributed by atoms with Crippen LogP contribution in [0.1, 0.15) is 11.1 Å². The highest BCUT2D eigenvalue weighted by Crippen LogP contribution is 2.18. The Bertz CT molecular complexity index is 797. The SMILES string of the molecule is COc1ccc(CNC(=O)C(=O)N2CCN(c3cccc(C)c3)CC2)cc1. The number of nitrogens with one attached hydrogen (secondary N) is 1. The minimum atomic E-state index is -0.560. The number of piperazine rings is 1. The lowest BCUT2D eigenvalue weighted by molar-refractivity contribution is -0.146. The van der Waals surface area contributed by atoms with Gasteiger partial charge in [0.1, 0.15) is 5.75 Å². The third-order valence-electron chi connectivity index (χ3n) is 4.74. The molecule has 2 aromatic rings. The minimum Gasteiger partial charge on any atom is -0.497 e. The summed E-state index contributed by atoms with van der Waals surface area (Å²) in [5.41, 5.74) is 3.29. The molecule has 0 spiro atoms. The predicted octanol–water partition coefficient (Wildman–Crippen LogP) is 1.97. The van der Waals surface area contributed by atoms with Crippen molar-refractivity contribution < 1.29 is 14.3 Å². The molecule has 0 aromatic heterocycles. The molecule has 6 nitrogen and oxygen atoms in total. The van der Waals surface area contributed by atoms with Crippen LogP contribution in [0.2, 0.25) is 0 Å². The van der Waals surface area contributed by atoms with Crippen LogP contribution in [-0.4, -0.2) is 50.0 Å². The van der Waals surface area contributed by atoms with Crippen LogP contribution in [0.15, 0.2) is 48.5 Å². The molecule has 1 heterocycles. The van der Waals surface area contributed by atoms with Crippen LogP contribution in [-0.2, 0) is 16.1 Å². The molecule has 0 bridgehead atoms. The van der Waals surface area contributed by atoms with Gasteiger partial charge in [-0.15, -0.1) is 0 Å². The molecule has 1 saturated heterocycles.